The SMILES string of the molecule is CC(C)NC(=O)c1c(N)nsc1NCC1(O)CCOC1C. The third kappa shape index (κ3) is 3.45. The molecule has 2 unspecified atom stereocenters. The quantitative estimate of drug-likeness (QED) is 0.640. The molecule has 0 radical (unpaired) electrons. The number of carbonyl (C=O) groups is 1. The van der Waals surface area contributed by atoms with Crippen LogP contribution in [0.2, 0.25) is 0 Å². The molecule has 1 saturated heterocycles. The molecule has 2 heterocycles. The lowest BCUT2D eigenvalue weighted by atomic mass is 9.97. The zero-order chi connectivity index (χ0) is 15.6. The average molecular weight is 314 g/mol. The van der Waals surface area contributed by atoms with Crippen LogP contribution in [0, 0.1) is 0 Å². The van der Waals surface area contributed by atoms with Crippen LogP contribution in [0.1, 0.15) is 37.6 Å². The molecule has 0 aliphatic carbocycles. The Bertz CT molecular complexity index is 520. The van der Waals surface area contributed by atoms with Gasteiger partial charge in [-0.25, -0.2) is 0 Å². The van der Waals surface area contributed by atoms with E-state index >= 15 is 0 Å². The summed E-state index contributed by atoms with van der Waals surface area (Å²) in [6.45, 7) is 6.41. The highest BCUT2D eigenvalue weighted by Crippen LogP contribution is 2.30. The lowest BCUT2D eigenvalue weighted by Crippen LogP contribution is -2.43. The van der Waals surface area contributed by atoms with E-state index in [1.54, 1.807) is 0 Å². The highest BCUT2D eigenvalue weighted by atomic mass is 32.1. The van der Waals surface area contributed by atoms with Crippen LogP contribution < -0.4 is 16.4 Å². The molecule has 2 rings (SSSR count). The molecular formula is C13H22N4O3S. The fourth-order valence-corrected chi connectivity index (χ4v) is 2.92. The van der Waals surface area contributed by atoms with Crippen molar-refractivity contribution in [1.29, 1.82) is 0 Å². The van der Waals surface area contributed by atoms with E-state index in [4.69, 9.17) is 10.5 Å². The van der Waals surface area contributed by atoms with Crippen molar-refractivity contribution < 1.29 is 14.6 Å². The lowest BCUT2D eigenvalue weighted by molar-refractivity contribution is -0.0175. The Morgan fingerprint density at radius 1 is 1.67 bits per heavy atom. The van der Waals surface area contributed by atoms with Gasteiger partial charge in [-0.2, -0.15) is 4.37 Å². The summed E-state index contributed by atoms with van der Waals surface area (Å²) >= 11 is 1.12. The second-order valence-corrected chi connectivity index (χ2v) is 6.39. The fraction of sp³-hybridized carbons (Fsp3) is 0.692. The van der Waals surface area contributed by atoms with Crippen molar-refractivity contribution in [1.82, 2.24) is 9.69 Å². The number of aromatic nitrogens is 1. The predicted octanol–water partition coefficient (Wildman–Crippen LogP) is 0.815. The number of amides is 1. The van der Waals surface area contributed by atoms with Crippen LogP contribution in [0.4, 0.5) is 10.8 Å². The second kappa shape index (κ2) is 6.17. The molecule has 5 N–H and O–H groups in total. The molecule has 2 atom stereocenters. The van der Waals surface area contributed by atoms with Gasteiger partial charge in [-0.05, 0) is 32.3 Å². The zero-order valence-corrected chi connectivity index (χ0v) is 13.3. The van der Waals surface area contributed by atoms with E-state index in [1.807, 2.05) is 20.8 Å². The summed E-state index contributed by atoms with van der Waals surface area (Å²) in [5.41, 5.74) is 5.17. The van der Waals surface area contributed by atoms with E-state index in [1.165, 1.54) is 0 Å². The summed E-state index contributed by atoms with van der Waals surface area (Å²) < 4.78 is 9.40. The maximum absolute atomic E-state index is 12.1. The van der Waals surface area contributed by atoms with Crippen molar-refractivity contribution in [3.63, 3.8) is 0 Å². The van der Waals surface area contributed by atoms with Gasteiger partial charge in [0.05, 0.1) is 6.10 Å². The van der Waals surface area contributed by atoms with Crippen LogP contribution in [0.3, 0.4) is 0 Å². The summed E-state index contributed by atoms with van der Waals surface area (Å²) in [6.07, 6.45) is 0.311. The fourth-order valence-electron chi connectivity index (χ4n) is 2.21. The minimum absolute atomic E-state index is 0.0112. The van der Waals surface area contributed by atoms with Gasteiger partial charge in [-0.15, -0.1) is 0 Å². The Labute approximate surface area is 128 Å². The molecular weight excluding hydrogens is 292 g/mol. The van der Waals surface area contributed by atoms with Crippen molar-refractivity contribution in [2.45, 2.75) is 44.9 Å². The molecule has 1 aromatic heterocycles. The van der Waals surface area contributed by atoms with Gasteiger partial charge in [0.25, 0.3) is 5.91 Å². The molecule has 21 heavy (non-hydrogen) atoms. The van der Waals surface area contributed by atoms with Crippen molar-refractivity contribution in [2.75, 3.05) is 24.2 Å². The van der Waals surface area contributed by atoms with Crippen LogP contribution in [0.5, 0.6) is 0 Å². The molecule has 1 aromatic rings. The number of nitrogen functional groups attached to an aromatic ring is 1. The van der Waals surface area contributed by atoms with Crippen LogP contribution in [0.25, 0.3) is 0 Å². The summed E-state index contributed by atoms with van der Waals surface area (Å²) in [5, 5.41) is 16.9. The number of carbonyl (C=O) groups excluding carboxylic acids is 1. The molecule has 7 nitrogen and oxygen atoms in total. The lowest BCUT2D eigenvalue weighted by Gasteiger charge is -2.26. The molecule has 1 amide bonds. The van der Waals surface area contributed by atoms with Gasteiger partial charge in [0.15, 0.2) is 5.82 Å². The number of aliphatic hydroxyl groups is 1. The first-order valence-corrected chi connectivity index (χ1v) is 7.74. The van der Waals surface area contributed by atoms with E-state index in [-0.39, 0.29) is 30.4 Å². The van der Waals surface area contributed by atoms with Crippen LogP contribution in [0.15, 0.2) is 0 Å². The number of nitrogens with one attached hydrogen (secondary N) is 2. The zero-order valence-electron chi connectivity index (χ0n) is 12.5. The summed E-state index contributed by atoms with van der Waals surface area (Å²) in [4.78, 5) is 12.1. The van der Waals surface area contributed by atoms with E-state index < -0.39 is 5.60 Å². The molecule has 1 aliphatic heterocycles. The molecule has 0 aromatic carbocycles. The standard InChI is InChI=1S/C13H22N4O3S/c1-7(2)16-11(18)9-10(14)17-21-12(9)15-6-13(19)4-5-20-8(13)3/h7-8,15,19H,4-6H2,1-3H3,(H2,14,17)(H,16,18). The van der Waals surface area contributed by atoms with E-state index in [0.29, 0.717) is 23.6 Å². The van der Waals surface area contributed by atoms with Gasteiger partial charge in [0, 0.05) is 25.6 Å². The Hall–Kier alpha value is -1.38. The molecule has 1 fully saturated rings. The van der Waals surface area contributed by atoms with Gasteiger partial charge in [0.1, 0.15) is 16.2 Å². The van der Waals surface area contributed by atoms with Gasteiger partial charge in [-0.3, -0.25) is 4.79 Å². The van der Waals surface area contributed by atoms with Crippen molar-refractivity contribution in [3.05, 3.63) is 5.56 Å². The first-order valence-electron chi connectivity index (χ1n) is 6.97. The summed E-state index contributed by atoms with van der Waals surface area (Å²) in [6, 6.07) is 0.0112. The maximum atomic E-state index is 12.1. The first kappa shape index (κ1) is 16.0. The number of nitrogens with two attached hydrogens (primary N) is 1. The number of ether oxygens (including phenoxy) is 1. The normalized spacial score (nSPS) is 25.3. The molecule has 0 saturated carbocycles. The van der Waals surface area contributed by atoms with E-state index in [0.717, 1.165) is 11.5 Å². The van der Waals surface area contributed by atoms with Crippen LogP contribution in [-0.2, 0) is 4.74 Å². The van der Waals surface area contributed by atoms with E-state index in [2.05, 4.69) is 15.0 Å². The third-order valence-corrected chi connectivity index (χ3v) is 4.40. The minimum Gasteiger partial charge on any atom is -0.385 e. The Morgan fingerprint density at radius 2 is 2.38 bits per heavy atom. The van der Waals surface area contributed by atoms with Gasteiger partial charge in [0.2, 0.25) is 0 Å². The Morgan fingerprint density at radius 3 is 2.95 bits per heavy atom. The second-order valence-electron chi connectivity index (χ2n) is 5.62. The van der Waals surface area contributed by atoms with Crippen molar-refractivity contribution in [2.24, 2.45) is 0 Å². The summed E-state index contributed by atoms with van der Waals surface area (Å²) in [7, 11) is 0. The Balaban J connectivity index is 2.09. The van der Waals surface area contributed by atoms with Crippen molar-refractivity contribution >= 4 is 28.3 Å². The number of hydrogen-bond donors (Lipinski definition) is 4. The number of nitrogens with zero attached hydrogens (tertiary/aromatic N) is 1. The van der Waals surface area contributed by atoms with Crippen LogP contribution >= 0.6 is 11.5 Å². The van der Waals surface area contributed by atoms with Crippen LogP contribution in [-0.4, -0.2) is 46.3 Å². The van der Waals surface area contributed by atoms with Gasteiger partial charge >= 0.3 is 0 Å². The average Bonchev–Trinajstić information content (AvgIpc) is 2.91. The third-order valence-electron chi connectivity index (χ3n) is 3.58. The van der Waals surface area contributed by atoms with Crippen molar-refractivity contribution in [3.8, 4) is 0 Å². The van der Waals surface area contributed by atoms with Gasteiger partial charge in [-0.1, -0.05) is 0 Å². The Kier molecular flexibility index (Phi) is 4.70. The molecule has 0 bridgehead atoms. The summed E-state index contributed by atoms with van der Waals surface area (Å²) in [5.74, 6) is -0.0650. The molecule has 8 heteroatoms. The van der Waals surface area contributed by atoms with E-state index in [9.17, 15) is 9.90 Å². The minimum atomic E-state index is -0.940. The number of rotatable bonds is 5. The molecule has 1 aliphatic rings. The smallest absolute Gasteiger partial charge is 0.258 e. The highest BCUT2D eigenvalue weighted by Gasteiger charge is 2.39. The monoisotopic (exact) mass is 314 g/mol. The number of hydrogen-bond acceptors (Lipinski definition) is 7. The topological polar surface area (TPSA) is 110 Å². The molecule has 118 valence electrons. The molecule has 0 spiro atoms. The predicted molar refractivity (Wildman–Crippen MR) is 82.6 cm³/mol. The highest BCUT2D eigenvalue weighted by molar-refractivity contribution is 7.11. The number of anilines is 2. The maximum Gasteiger partial charge on any atom is 0.258 e. The largest absolute Gasteiger partial charge is 0.385 e. The first-order chi connectivity index (χ1) is 9.83. The van der Waals surface area contributed by atoms with Gasteiger partial charge < -0.3 is 26.2 Å².